The molecule has 0 saturated carbocycles. The lowest BCUT2D eigenvalue weighted by Gasteiger charge is -2.17. The van der Waals surface area contributed by atoms with Crippen LogP contribution in [0.2, 0.25) is 0 Å². The molecule has 9 N–H and O–H groups in total. The standard InChI is InChI=1S/C47H89N7O13/c1-3-4-5-6-7-8-9-10-11-12-13-14-15-16-17-18-19-23-43(57)54-67-34-33-66-39-46(60)52-26-28-63-30-32-65-38-45(59)51-25-27-62-29-31-64-37-44(58)50-24-21-20-22-40(49-2)42(56)35-53-41(36-55)47(48)61/h2,40-41,49,53,55H,3-39H2,1H3,(H2,48,61)(H,50,58)(H,51,59)(H,52,60)(H,54,57)/t40-,41-/m0/s1. The number of ether oxygens (including phenoxy) is 5. The second-order valence-electron chi connectivity index (χ2n) is 16.4. The van der Waals surface area contributed by atoms with Gasteiger partial charge in [-0.3, -0.25) is 38.9 Å². The maximum Gasteiger partial charge on any atom is 0.246 e. The summed E-state index contributed by atoms with van der Waals surface area (Å²) < 4.78 is 26.6. The zero-order valence-corrected chi connectivity index (χ0v) is 40.8. The van der Waals surface area contributed by atoms with Gasteiger partial charge in [0, 0.05) is 33.1 Å². The Morgan fingerprint density at radius 3 is 1.39 bits per heavy atom. The first-order valence-electron chi connectivity index (χ1n) is 24.9. The predicted molar refractivity (Wildman–Crippen MR) is 254 cm³/mol. The van der Waals surface area contributed by atoms with E-state index in [9.17, 15) is 28.8 Å². The van der Waals surface area contributed by atoms with Crippen LogP contribution in [0.3, 0.4) is 0 Å². The average molecular weight is 960 g/mol. The summed E-state index contributed by atoms with van der Waals surface area (Å²) in [6, 6.07) is -1.68. The second kappa shape index (κ2) is 49.1. The number of aliphatic hydroxyl groups is 1. The van der Waals surface area contributed by atoms with E-state index in [1.54, 1.807) is 0 Å². The molecule has 0 aliphatic carbocycles. The fourth-order valence-corrected chi connectivity index (χ4v) is 6.55. The van der Waals surface area contributed by atoms with Crippen LogP contribution in [0.5, 0.6) is 0 Å². The summed E-state index contributed by atoms with van der Waals surface area (Å²) in [5.41, 5.74) is 7.55. The smallest absolute Gasteiger partial charge is 0.246 e. The Morgan fingerprint density at radius 1 is 0.507 bits per heavy atom. The molecule has 0 saturated heterocycles. The van der Waals surface area contributed by atoms with Crippen LogP contribution in [0.4, 0.5) is 0 Å². The topological polar surface area (TPSA) is 276 Å². The summed E-state index contributed by atoms with van der Waals surface area (Å²) in [5.74, 6) is -2.12. The molecule has 20 heteroatoms. The third kappa shape index (κ3) is 44.9. The van der Waals surface area contributed by atoms with Crippen molar-refractivity contribution in [3.8, 4) is 0 Å². The van der Waals surface area contributed by atoms with E-state index >= 15 is 0 Å². The quantitative estimate of drug-likeness (QED) is 0.0247. The van der Waals surface area contributed by atoms with Crippen LogP contribution in [-0.2, 0) is 57.3 Å². The van der Waals surface area contributed by atoms with Gasteiger partial charge in [-0.05, 0) is 25.7 Å². The van der Waals surface area contributed by atoms with Crippen LogP contribution in [0, 0.1) is 7.05 Å². The maximum atomic E-state index is 12.3. The van der Waals surface area contributed by atoms with Gasteiger partial charge >= 0.3 is 0 Å². The van der Waals surface area contributed by atoms with E-state index in [2.05, 4.69) is 39.0 Å². The highest BCUT2D eigenvalue weighted by molar-refractivity contribution is 5.87. The van der Waals surface area contributed by atoms with Crippen molar-refractivity contribution < 1.29 is 62.4 Å². The number of aliphatic hydroxyl groups excluding tert-OH is 1. The number of carbonyl (C=O) groups is 6. The number of nitrogens with one attached hydrogen (secondary N) is 6. The monoisotopic (exact) mass is 960 g/mol. The Morgan fingerprint density at radius 2 is 0.940 bits per heavy atom. The summed E-state index contributed by atoms with van der Waals surface area (Å²) in [6.07, 6.45) is 24.1. The Bertz CT molecular complexity index is 1240. The lowest BCUT2D eigenvalue weighted by atomic mass is 10.0. The third-order valence-corrected chi connectivity index (χ3v) is 10.5. The van der Waals surface area contributed by atoms with Crippen molar-refractivity contribution in [2.75, 3.05) is 105 Å². The molecular weight excluding hydrogens is 871 g/mol. The summed E-state index contributed by atoms with van der Waals surface area (Å²) >= 11 is 0. The van der Waals surface area contributed by atoms with E-state index < -0.39 is 24.6 Å². The average Bonchev–Trinajstić information content (AvgIpc) is 3.31. The number of primary amides is 1. The highest BCUT2D eigenvalue weighted by atomic mass is 16.7. The number of unbranched alkanes of at least 4 members (excludes halogenated alkanes) is 17. The fourth-order valence-electron chi connectivity index (χ4n) is 6.55. The first kappa shape index (κ1) is 63.7. The van der Waals surface area contributed by atoms with Crippen molar-refractivity contribution in [3.63, 3.8) is 0 Å². The molecule has 0 aliphatic rings. The molecule has 5 amide bonds. The van der Waals surface area contributed by atoms with Crippen molar-refractivity contribution in [3.05, 3.63) is 7.05 Å². The van der Waals surface area contributed by atoms with E-state index in [0.29, 0.717) is 32.2 Å². The first-order chi connectivity index (χ1) is 32.6. The third-order valence-electron chi connectivity index (χ3n) is 10.5. The van der Waals surface area contributed by atoms with E-state index in [-0.39, 0.29) is 122 Å². The minimum atomic E-state index is -1.02. The normalized spacial score (nSPS) is 12.1. The molecule has 0 fully saturated rings. The fraction of sp³-hybridized carbons (Fsp3) is 0.851. The molecule has 67 heavy (non-hydrogen) atoms. The highest BCUT2D eigenvalue weighted by Crippen LogP contribution is 2.14. The van der Waals surface area contributed by atoms with Crippen LogP contribution in [0.25, 0.3) is 0 Å². The van der Waals surface area contributed by atoms with Crippen molar-refractivity contribution in [2.45, 2.75) is 154 Å². The molecule has 2 radical (unpaired) electrons. The molecular formula is C47H89N7O13. The van der Waals surface area contributed by atoms with Gasteiger partial charge in [-0.15, -0.1) is 0 Å². The second-order valence-corrected chi connectivity index (χ2v) is 16.4. The summed E-state index contributed by atoms with van der Waals surface area (Å²) in [6.45, 7) is 3.71. The lowest BCUT2D eigenvalue weighted by molar-refractivity contribution is -0.136. The molecule has 0 aromatic carbocycles. The van der Waals surface area contributed by atoms with Crippen LogP contribution in [-0.4, -0.2) is 158 Å². The lowest BCUT2D eigenvalue weighted by Crippen LogP contribution is -2.48. The Labute approximate surface area is 401 Å². The summed E-state index contributed by atoms with van der Waals surface area (Å²) in [5, 5.41) is 22.2. The number of amides is 5. The van der Waals surface area contributed by atoms with Gasteiger partial charge in [0.25, 0.3) is 0 Å². The maximum absolute atomic E-state index is 12.3. The van der Waals surface area contributed by atoms with Crippen molar-refractivity contribution in [1.82, 2.24) is 32.1 Å². The SMILES string of the molecule is [CH]N[C@@H](CCCCNC(=O)COCCOCCNC(=O)COCCOCCNC(=O)COCCONC(=O)CCCCCCCCCCCCCCCCCCC)C(=O)CN[C@@H](CO)C(N)=O. The molecule has 0 spiro atoms. The zero-order chi connectivity index (χ0) is 49.3. The summed E-state index contributed by atoms with van der Waals surface area (Å²) in [4.78, 5) is 76.3. The predicted octanol–water partition coefficient (Wildman–Crippen LogP) is 2.31. The highest BCUT2D eigenvalue weighted by Gasteiger charge is 2.20. The van der Waals surface area contributed by atoms with E-state index in [0.717, 1.165) is 19.3 Å². The van der Waals surface area contributed by atoms with Gasteiger partial charge in [-0.2, -0.15) is 0 Å². The first-order valence-corrected chi connectivity index (χ1v) is 24.9. The number of carbonyl (C=O) groups excluding carboxylic acids is 6. The Balaban J connectivity index is 3.48. The molecule has 0 bridgehead atoms. The number of Topliss-reactive ketones (excluding diaryl/α,β-unsaturated/α-hetero) is 1. The molecule has 0 rings (SSSR count). The molecule has 2 atom stereocenters. The number of hydroxylamine groups is 1. The van der Waals surface area contributed by atoms with Crippen LogP contribution >= 0.6 is 0 Å². The van der Waals surface area contributed by atoms with Gasteiger partial charge in [0.1, 0.15) is 25.9 Å². The number of hydrogen-bond acceptors (Lipinski definition) is 15. The van der Waals surface area contributed by atoms with E-state index in [4.69, 9.17) is 46.4 Å². The Hall–Kier alpha value is -3.34. The van der Waals surface area contributed by atoms with Gasteiger partial charge < -0.3 is 55.8 Å². The van der Waals surface area contributed by atoms with Gasteiger partial charge in [0.2, 0.25) is 29.5 Å². The number of rotatable bonds is 52. The number of nitrogens with two attached hydrogens (primary N) is 1. The minimum absolute atomic E-state index is 0.137. The molecule has 0 aromatic rings. The van der Waals surface area contributed by atoms with E-state index in [1.165, 1.54) is 89.9 Å². The zero-order valence-electron chi connectivity index (χ0n) is 40.8. The molecule has 20 nitrogen and oxygen atoms in total. The van der Waals surface area contributed by atoms with Gasteiger partial charge in [-0.25, -0.2) is 5.48 Å². The molecule has 0 heterocycles. The summed E-state index contributed by atoms with van der Waals surface area (Å²) in [7, 11) is 5.46. The minimum Gasteiger partial charge on any atom is -0.394 e. The van der Waals surface area contributed by atoms with Gasteiger partial charge in [0.15, 0.2) is 5.78 Å². The molecule has 390 valence electrons. The van der Waals surface area contributed by atoms with E-state index in [1.807, 2.05) is 0 Å². The van der Waals surface area contributed by atoms with Crippen molar-refractivity contribution in [2.24, 2.45) is 5.73 Å². The van der Waals surface area contributed by atoms with Crippen LogP contribution in [0.1, 0.15) is 142 Å². The van der Waals surface area contributed by atoms with Crippen LogP contribution in [0.15, 0.2) is 0 Å². The number of ketones is 1. The van der Waals surface area contributed by atoms with Crippen molar-refractivity contribution >= 4 is 35.3 Å². The molecule has 0 unspecified atom stereocenters. The molecule has 0 aromatic heterocycles. The molecule has 0 aliphatic heterocycles. The van der Waals surface area contributed by atoms with Gasteiger partial charge in [-0.1, -0.05) is 110 Å². The van der Waals surface area contributed by atoms with Crippen LogP contribution < -0.4 is 37.8 Å². The Kier molecular flexibility index (Phi) is 46.6. The number of hydrogen-bond donors (Lipinski definition) is 8. The van der Waals surface area contributed by atoms with Gasteiger partial charge in [0.05, 0.1) is 72.0 Å². The van der Waals surface area contributed by atoms with Crippen molar-refractivity contribution in [1.29, 1.82) is 0 Å². The largest absolute Gasteiger partial charge is 0.394 e.